The van der Waals surface area contributed by atoms with Crippen molar-refractivity contribution in [2.24, 2.45) is 0 Å². The second-order valence-electron chi connectivity index (χ2n) is 3.90. The first-order valence-electron chi connectivity index (χ1n) is 5.63. The second kappa shape index (κ2) is 5.80. The molecule has 17 heavy (non-hydrogen) atoms. The molecule has 0 amide bonds. The maximum Gasteiger partial charge on any atom is 0.0762 e. The SMILES string of the molecule is CNC(Cc1ccccc1)c1ncccc1Cl. The van der Waals surface area contributed by atoms with E-state index >= 15 is 0 Å². The summed E-state index contributed by atoms with van der Waals surface area (Å²) < 4.78 is 0. The van der Waals surface area contributed by atoms with E-state index in [0.29, 0.717) is 5.02 Å². The molecule has 1 aromatic carbocycles. The van der Waals surface area contributed by atoms with Crippen LogP contribution >= 0.6 is 11.6 Å². The van der Waals surface area contributed by atoms with Crippen molar-refractivity contribution in [1.82, 2.24) is 10.3 Å². The van der Waals surface area contributed by atoms with Crippen LogP contribution in [0.4, 0.5) is 0 Å². The molecule has 0 radical (unpaired) electrons. The van der Waals surface area contributed by atoms with Crippen LogP contribution in [-0.2, 0) is 6.42 Å². The number of benzene rings is 1. The fraction of sp³-hybridized carbons (Fsp3) is 0.214. The van der Waals surface area contributed by atoms with Gasteiger partial charge in [0.05, 0.1) is 16.8 Å². The summed E-state index contributed by atoms with van der Waals surface area (Å²) in [6.45, 7) is 0. The number of pyridine rings is 1. The summed E-state index contributed by atoms with van der Waals surface area (Å²) in [4.78, 5) is 4.35. The van der Waals surface area contributed by atoms with E-state index in [2.05, 4.69) is 22.4 Å². The van der Waals surface area contributed by atoms with Crippen LogP contribution in [0.2, 0.25) is 5.02 Å². The van der Waals surface area contributed by atoms with E-state index in [1.807, 2.05) is 37.4 Å². The minimum atomic E-state index is 0.145. The Hall–Kier alpha value is -1.38. The molecule has 3 heteroatoms. The van der Waals surface area contributed by atoms with Crippen molar-refractivity contribution in [2.75, 3.05) is 7.05 Å². The summed E-state index contributed by atoms with van der Waals surface area (Å²) in [5.74, 6) is 0. The Kier molecular flexibility index (Phi) is 4.13. The van der Waals surface area contributed by atoms with Gasteiger partial charge in [-0.05, 0) is 31.2 Å². The lowest BCUT2D eigenvalue weighted by Crippen LogP contribution is -2.20. The summed E-state index contributed by atoms with van der Waals surface area (Å²) in [5.41, 5.74) is 2.18. The Balaban J connectivity index is 2.21. The number of hydrogen-bond acceptors (Lipinski definition) is 2. The van der Waals surface area contributed by atoms with E-state index in [-0.39, 0.29) is 6.04 Å². The van der Waals surface area contributed by atoms with E-state index in [9.17, 15) is 0 Å². The van der Waals surface area contributed by atoms with Gasteiger partial charge in [-0.3, -0.25) is 4.98 Å². The van der Waals surface area contributed by atoms with Crippen LogP contribution in [-0.4, -0.2) is 12.0 Å². The predicted molar refractivity (Wildman–Crippen MR) is 71.2 cm³/mol. The zero-order valence-corrected chi connectivity index (χ0v) is 10.5. The smallest absolute Gasteiger partial charge is 0.0762 e. The lowest BCUT2D eigenvalue weighted by atomic mass is 10.0. The van der Waals surface area contributed by atoms with Crippen molar-refractivity contribution in [3.63, 3.8) is 0 Å². The van der Waals surface area contributed by atoms with Crippen LogP contribution in [0, 0.1) is 0 Å². The molecule has 0 fully saturated rings. The van der Waals surface area contributed by atoms with Crippen molar-refractivity contribution < 1.29 is 0 Å². The van der Waals surface area contributed by atoms with Crippen molar-refractivity contribution >= 4 is 11.6 Å². The first kappa shape index (κ1) is 12.1. The van der Waals surface area contributed by atoms with Gasteiger partial charge in [0.25, 0.3) is 0 Å². The second-order valence-corrected chi connectivity index (χ2v) is 4.31. The van der Waals surface area contributed by atoms with Gasteiger partial charge in [0.1, 0.15) is 0 Å². The van der Waals surface area contributed by atoms with Gasteiger partial charge in [-0.2, -0.15) is 0 Å². The lowest BCUT2D eigenvalue weighted by Gasteiger charge is -2.16. The molecule has 0 bridgehead atoms. The first-order valence-corrected chi connectivity index (χ1v) is 6.00. The highest BCUT2D eigenvalue weighted by molar-refractivity contribution is 6.31. The standard InChI is InChI=1S/C14H15ClN2/c1-16-13(10-11-6-3-2-4-7-11)14-12(15)8-5-9-17-14/h2-9,13,16H,10H2,1H3. The highest BCUT2D eigenvalue weighted by Crippen LogP contribution is 2.22. The lowest BCUT2D eigenvalue weighted by molar-refractivity contribution is 0.576. The molecular weight excluding hydrogens is 232 g/mol. The normalized spacial score (nSPS) is 12.4. The zero-order chi connectivity index (χ0) is 12.1. The van der Waals surface area contributed by atoms with Gasteiger partial charge in [-0.15, -0.1) is 0 Å². The van der Waals surface area contributed by atoms with Gasteiger partial charge in [-0.25, -0.2) is 0 Å². The Morgan fingerprint density at radius 3 is 2.59 bits per heavy atom. The molecule has 88 valence electrons. The molecule has 2 rings (SSSR count). The zero-order valence-electron chi connectivity index (χ0n) is 9.73. The molecule has 2 nitrogen and oxygen atoms in total. The quantitative estimate of drug-likeness (QED) is 0.896. The summed E-state index contributed by atoms with van der Waals surface area (Å²) in [6.07, 6.45) is 2.66. The average Bonchev–Trinajstić information content (AvgIpc) is 2.38. The van der Waals surface area contributed by atoms with Crippen LogP contribution in [0.25, 0.3) is 0 Å². The van der Waals surface area contributed by atoms with Crippen LogP contribution in [0.15, 0.2) is 48.7 Å². The van der Waals surface area contributed by atoms with E-state index in [4.69, 9.17) is 11.6 Å². The number of nitrogens with one attached hydrogen (secondary N) is 1. The third-order valence-electron chi connectivity index (χ3n) is 2.75. The van der Waals surface area contributed by atoms with Crippen molar-refractivity contribution in [3.8, 4) is 0 Å². The fourth-order valence-electron chi connectivity index (χ4n) is 1.84. The molecule has 0 aliphatic rings. The third kappa shape index (κ3) is 3.05. The minimum Gasteiger partial charge on any atom is -0.311 e. The van der Waals surface area contributed by atoms with E-state index < -0.39 is 0 Å². The molecule has 1 atom stereocenters. The number of rotatable bonds is 4. The van der Waals surface area contributed by atoms with Crippen LogP contribution in [0.1, 0.15) is 17.3 Å². The van der Waals surface area contributed by atoms with Crippen molar-refractivity contribution in [1.29, 1.82) is 0 Å². The topological polar surface area (TPSA) is 24.9 Å². The van der Waals surface area contributed by atoms with Gasteiger partial charge in [-0.1, -0.05) is 41.9 Å². The number of hydrogen-bond donors (Lipinski definition) is 1. The number of halogens is 1. The summed E-state index contributed by atoms with van der Waals surface area (Å²) >= 11 is 6.16. The van der Waals surface area contributed by atoms with Gasteiger partial charge in [0, 0.05) is 6.20 Å². The van der Waals surface area contributed by atoms with Crippen LogP contribution in [0.3, 0.4) is 0 Å². The Morgan fingerprint density at radius 2 is 1.94 bits per heavy atom. The summed E-state index contributed by atoms with van der Waals surface area (Å²) in [7, 11) is 1.93. The summed E-state index contributed by atoms with van der Waals surface area (Å²) in [5, 5.41) is 3.97. The fourth-order valence-corrected chi connectivity index (χ4v) is 2.09. The van der Waals surface area contributed by atoms with Gasteiger partial charge >= 0.3 is 0 Å². The molecule has 0 aliphatic carbocycles. The van der Waals surface area contributed by atoms with E-state index in [0.717, 1.165) is 12.1 Å². The maximum absolute atomic E-state index is 6.16. The molecule has 2 aromatic rings. The molecule has 1 aromatic heterocycles. The van der Waals surface area contributed by atoms with Crippen molar-refractivity contribution in [2.45, 2.75) is 12.5 Å². The Morgan fingerprint density at radius 1 is 1.18 bits per heavy atom. The Labute approximate surface area is 107 Å². The van der Waals surface area contributed by atoms with Gasteiger partial charge in [0.2, 0.25) is 0 Å². The minimum absolute atomic E-state index is 0.145. The molecule has 1 N–H and O–H groups in total. The van der Waals surface area contributed by atoms with E-state index in [1.54, 1.807) is 6.20 Å². The van der Waals surface area contributed by atoms with Crippen molar-refractivity contribution in [3.05, 3.63) is 64.9 Å². The van der Waals surface area contributed by atoms with Gasteiger partial charge < -0.3 is 5.32 Å². The maximum atomic E-state index is 6.16. The number of aromatic nitrogens is 1. The first-order chi connectivity index (χ1) is 8.31. The molecule has 0 saturated heterocycles. The molecule has 0 saturated carbocycles. The molecule has 0 spiro atoms. The van der Waals surface area contributed by atoms with Gasteiger partial charge in [0.15, 0.2) is 0 Å². The third-order valence-corrected chi connectivity index (χ3v) is 3.07. The predicted octanol–water partition coefficient (Wildman–Crippen LogP) is 3.24. The molecule has 0 aliphatic heterocycles. The highest BCUT2D eigenvalue weighted by Gasteiger charge is 2.14. The molecule has 1 unspecified atom stereocenters. The average molecular weight is 247 g/mol. The highest BCUT2D eigenvalue weighted by atomic mass is 35.5. The largest absolute Gasteiger partial charge is 0.311 e. The van der Waals surface area contributed by atoms with Crippen LogP contribution in [0.5, 0.6) is 0 Å². The van der Waals surface area contributed by atoms with E-state index in [1.165, 1.54) is 5.56 Å². The number of likely N-dealkylation sites (N-methyl/N-ethyl adjacent to an activating group) is 1. The number of nitrogens with zero attached hydrogens (tertiary/aromatic N) is 1. The monoisotopic (exact) mass is 246 g/mol. The van der Waals surface area contributed by atoms with Crippen LogP contribution < -0.4 is 5.32 Å². The summed E-state index contributed by atoms with van der Waals surface area (Å²) in [6, 6.07) is 14.2. The Bertz CT molecular complexity index is 471. The molecule has 1 heterocycles. The molecular formula is C14H15ClN2.